The molecule has 26 heavy (non-hydrogen) atoms. The second kappa shape index (κ2) is 5.84. The van der Waals surface area contributed by atoms with Gasteiger partial charge >= 0.3 is 0 Å². The molecule has 2 nitrogen and oxygen atoms in total. The maximum Gasteiger partial charge on any atom is 0.114 e. The third-order valence-corrected chi connectivity index (χ3v) is 5.65. The van der Waals surface area contributed by atoms with Gasteiger partial charge in [-0.25, -0.2) is 4.98 Å². The summed E-state index contributed by atoms with van der Waals surface area (Å²) in [7, 11) is 0. The molecule has 1 atom stereocenters. The first-order valence-corrected chi connectivity index (χ1v) is 9.30. The second-order valence-electron chi connectivity index (χ2n) is 7.53. The number of imidazole rings is 1. The highest BCUT2D eigenvalue weighted by atomic mass is 15.1. The average Bonchev–Trinajstić information content (AvgIpc) is 3.23. The lowest BCUT2D eigenvalue weighted by atomic mass is 9.90. The molecular formula is C24H22N2. The van der Waals surface area contributed by atoms with E-state index in [0.717, 1.165) is 19.3 Å². The van der Waals surface area contributed by atoms with E-state index >= 15 is 0 Å². The maximum atomic E-state index is 4.81. The van der Waals surface area contributed by atoms with Crippen LogP contribution in [0.15, 0.2) is 78.5 Å². The van der Waals surface area contributed by atoms with Gasteiger partial charge in [0.15, 0.2) is 0 Å². The van der Waals surface area contributed by atoms with Gasteiger partial charge in [0, 0.05) is 12.0 Å². The van der Waals surface area contributed by atoms with E-state index < -0.39 is 0 Å². The molecule has 0 bridgehead atoms. The van der Waals surface area contributed by atoms with E-state index in [1.807, 2.05) is 6.20 Å². The van der Waals surface area contributed by atoms with E-state index in [1.54, 1.807) is 0 Å². The predicted molar refractivity (Wildman–Crippen MR) is 107 cm³/mol. The zero-order valence-electron chi connectivity index (χ0n) is 15.1. The van der Waals surface area contributed by atoms with E-state index in [9.17, 15) is 0 Å². The smallest absolute Gasteiger partial charge is 0.114 e. The van der Waals surface area contributed by atoms with Gasteiger partial charge < -0.3 is 0 Å². The third kappa shape index (κ3) is 2.37. The number of fused-ring (bicyclic) bond motifs is 2. The molecule has 2 heterocycles. The van der Waals surface area contributed by atoms with Crippen molar-refractivity contribution in [3.63, 3.8) is 0 Å². The van der Waals surface area contributed by atoms with Crippen LogP contribution in [0.5, 0.6) is 0 Å². The van der Waals surface area contributed by atoms with Crippen LogP contribution in [0, 0.1) is 12.8 Å². The van der Waals surface area contributed by atoms with Gasteiger partial charge in [0.25, 0.3) is 0 Å². The van der Waals surface area contributed by atoms with Gasteiger partial charge in [-0.2, -0.15) is 0 Å². The summed E-state index contributed by atoms with van der Waals surface area (Å²) in [4.78, 5) is 4.81. The zero-order valence-corrected chi connectivity index (χ0v) is 15.1. The van der Waals surface area contributed by atoms with Crippen LogP contribution < -0.4 is 0 Å². The van der Waals surface area contributed by atoms with Crippen molar-refractivity contribution in [2.75, 3.05) is 0 Å². The van der Waals surface area contributed by atoms with Crippen molar-refractivity contribution < 1.29 is 0 Å². The van der Waals surface area contributed by atoms with E-state index in [2.05, 4.69) is 72.7 Å². The van der Waals surface area contributed by atoms with Crippen LogP contribution in [0.2, 0.25) is 0 Å². The van der Waals surface area contributed by atoms with Crippen LogP contribution in [-0.2, 0) is 6.42 Å². The minimum atomic E-state index is 0.553. The fourth-order valence-electron chi connectivity index (χ4n) is 4.42. The Hall–Kier alpha value is -2.87. The Kier molecular flexibility index (Phi) is 3.46. The summed E-state index contributed by atoms with van der Waals surface area (Å²) in [5, 5.41) is 0. The molecule has 0 N–H and O–H groups in total. The molecule has 1 aromatic heterocycles. The molecule has 1 unspecified atom stereocenters. The highest BCUT2D eigenvalue weighted by Gasteiger charge is 2.34. The van der Waals surface area contributed by atoms with Crippen LogP contribution in [0.1, 0.15) is 29.8 Å². The van der Waals surface area contributed by atoms with E-state index in [0.29, 0.717) is 5.92 Å². The van der Waals surface area contributed by atoms with Crippen molar-refractivity contribution in [2.45, 2.75) is 26.2 Å². The van der Waals surface area contributed by atoms with Gasteiger partial charge in [0.1, 0.15) is 5.82 Å². The molecule has 1 aliphatic heterocycles. The fourth-order valence-corrected chi connectivity index (χ4v) is 4.42. The van der Waals surface area contributed by atoms with Gasteiger partial charge in [0.2, 0.25) is 0 Å². The van der Waals surface area contributed by atoms with Crippen LogP contribution in [0.3, 0.4) is 0 Å². The molecular weight excluding hydrogens is 316 g/mol. The van der Waals surface area contributed by atoms with Gasteiger partial charge in [-0.3, -0.25) is 4.57 Å². The normalized spacial score (nSPS) is 18.8. The quantitative estimate of drug-likeness (QED) is 0.553. The predicted octanol–water partition coefficient (Wildman–Crippen LogP) is 5.64. The van der Waals surface area contributed by atoms with E-state index in [1.165, 1.54) is 45.1 Å². The Balaban J connectivity index is 1.77. The summed E-state index contributed by atoms with van der Waals surface area (Å²) < 4.78 is 2.39. The monoisotopic (exact) mass is 338 g/mol. The van der Waals surface area contributed by atoms with Crippen molar-refractivity contribution in [3.8, 4) is 11.3 Å². The molecule has 3 aromatic rings. The number of benzene rings is 2. The summed E-state index contributed by atoms with van der Waals surface area (Å²) in [6, 6.07) is 19.5. The van der Waals surface area contributed by atoms with Crippen molar-refractivity contribution >= 4 is 5.70 Å². The number of allylic oxidation sites excluding steroid dienone is 2. The summed E-state index contributed by atoms with van der Waals surface area (Å²) in [6.07, 6.45) is 5.16. The first kappa shape index (κ1) is 15.4. The molecule has 128 valence electrons. The molecule has 0 saturated heterocycles. The van der Waals surface area contributed by atoms with Crippen LogP contribution in [-0.4, -0.2) is 9.55 Å². The summed E-state index contributed by atoms with van der Waals surface area (Å²) in [5.74, 6) is 1.72. The highest BCUT2D eigenvalue weighted by Crippen LogP contribution is 2.46. The summed E-state index contributed by atoms with van der Waals surface area (Å²) >= 11 is 0. The number of aryl methyl sites for hydroxylation is 1. The molecule has 1 fully saturated rings. The molecule has 1 saturated carbocycles. The topological polar surface area (TPSA) is 17.8 Å². The van der Waals surface area contributed by atoms with Crippen molar-refractivity contribution in [1.29, 1.82) is 0 Å². The van der Waals surface area contributed by atoms with Gasteiger partial charge in [-0.05, 0) is 36.8 Å². The van der Waals surface area contributed by atoms with Gasteiger partial charge in [-0.1, -0.05) is 72.3 Å². The first-order valence-electron chi connectivity index (χ1n) is 9.30. The van der Waals surface area contributed by atoms with Crippen molar-refractivity contribution in [1.82, 2.24) is 9.55 Å². The molecule has 5 rings (SSSR count). The summed E-state index contributed by atoms with van der Waals surface area (Å²) in [6.45, 7) is 6.42. The zero-order chi connectivity index (χ0) is 17.7. The molecule has 0 radical (unpaired) electrons. The molecule has 0 amide bonds. The van der Waals surface area contributed by atoms with E-state index in [-0.39, 0.29) is 0 Å². The largest absolute Gasteiger partial charge is 0.296 e. The van der Waals surface area contributed by atoms with Gasteiger partial charge in [0.05, 0.1) is 17.6 Å². The lowest BCUT2D eigenvalue weighted by Gasteiger charge is -2.27. The van der Waals surface area contributed by atoms with Crippen LogP contribution >= 0.6 is 0 Å². The fraction of sp³-hybridized carbons (Fsp3) is 0.208. The molecule has 2 heteroatoms. The molecule has 0 spiro atoms. The minimum Gasteiger partial charge on any atom is -0.296 e. The highest BCUT2D eigenvalue weighted by molar-refractivity contribution is 5.78. The van der Waals surface area contributed by atoms with Crippen LogP contribution in [0.4, 0.5) is 0 Å². The Bertz CT molecular complexity index is 1020. The second-order valence-corrected chi connectivity index (χ2v) is 7.53. The average molecular weight is 338 g/mol. The SMILES string of the molecule is C=C1CC2=C(c3ccc(C)cc3)n3c(-c4ccccc4)cnc3CC2C1. The van der Waals surface area contributed by atoms with Gasteiger partial charge in [-0.15, -0.1) is 0 Å². The van der Waals surface area contributed by atoms with Crippen LogP contribution in [0.25, 0.3) is 17.0 Å². The Morgan fingerprint density at radius 2 is 1.73 bits per heavy atom. The van der Waals surface area contributed by atoms with Crippen molar-refractivity contribution in [2.24, 2.45) is 5.92 Å². The number of aromatic nitrogens is 2. The Labute approximate surface area is 154 Å². The number of hydrogen-bond donors (Lipinski definition) is 0. The number of nitrogens with zero attached hydrogens (tertiary/aromatic N) is 2. The Morgan fingerprint density at radius 3 is 2.50 bits per heavy atom. The first-order chi connectivity index (χ1) is 12.7. The lowest BCUT2D eigenvalue weighted by molar-refractivity contribution is 0.600. The van der Waals surface area contributed by atoms with Crippen molar-refractivity contribution in [3.05, 3.63) is 95.5 Å². The number of rotatable bonds is 2. The molecule has 1 aliphatic carbocycles. The lowest BCUT2D eigenvalue weighted by Crippen LogP contribution is -2.19. The maximum absolute atomic E-state index is 4.81. The minimum absolute atomic E-state index is 0.553. The molecule has 2 aliphatic rings. The number of hydrogen-bond acceptors (Lipinski definition) is 1. The Morgan fingerprint density at radius 1 is 0.962 bits per heavy atom. The molecule has 2 aromatic carbocycles. The standard InChI is InChI=1S/C24H22N2/c1-16-8-10-19(11-9-16)24-21-13-17(2)12-20(21)14-23-25-15-22(26(23)24)18-6-4-3-5-7-18/h3-11,15,20H,2,12-14H2,1H3. The van der Waals surface area contributed by atoms with E-state index in [4.69, 9.17) is 4.98 Å². The summed E-state index contributed by atoms with van der Waals surface area (Å²) in [5.41, 5.74) is 9.17. The third-order valence-electron chi connectivity index (χ3n) is 5.65.